The first-order valence-corrected chi connectivity index (χ1v) is 8.32. The molecule has 0 saturated carbocycles. The molecule has 1 rings (SSSR count). The molecule has 0 radical (unpaired) electrons. The van der Waals surface area contributed by atoms with E-state index in [1.54, 1.807) is 0 Å². The zero-order valence-corrected chi connectivity index (χ0v) is 14.0. The monoisotopic (exact) mass is 321 g/mol. The van der Waals surface area contributed by atoms with Gasteiger partial charge in [-0.25, -0.2) is 4.79 Å². The molecule has 0 aliphatic rings. The second-order valence-electron chi connectivity index (χ2n) is 5.57. The highest BCUT2D eigenvalue weighted by Gasteiger charge is 2.15. The quantitative estimate of drug-likeness (QED) is 0.512. The third-order valence-corrected chi connectivity index (χ3v) is 3.73. The standard InChI is InChI=1S/C18H27NO4/c1-3-5-7-14(4-2)17(21)19-12-6-13-23-18(22)15-8-10-16(20)11-9-15/h8-11,14,20H,3-7,12-13H2,1-2H3,(H,19,21). The highest BCUT2D eigenvalue weighted by atomic mass is 16.5. The smallest absolute Gasteiger partial charge is 0.338 e. The minimum atomic E-state index is -0.425. The van der Waals surface area contributed by atoms with E-state index in [2.05, 4.69) is 12.2 Å². The van der Waals surface area contributed by atoms with Gasteiger partial charge in [0.15, 0.2) is 0 Å². The molecule has 128 valence electrons. The Labute approximate surface area is 138 Å². The number of amides is 1. The topological polar surface area (TPSA) is 75.6 Å². The summed E-state index contributed by atoms with van der Waals surface area (Å²) in [5.74, 6) is -0.149. The molecule has 0 bridgehead atoms. The molecule has 1 unspecified atom stereocenters. The molecule has 0 saturated heterocycles. The van der Waals surface area contributed by atoms with Gasteiger partial charge in [0.2, 0.25) is 5.91 Å². The number of phenols is 1. The third kappa shape index (κ3) is 7.17. The van der Waals surface area contributed by atoms with Gasteiger partial charge >= 0.3 is 5.97 Å². The van der Waals surface area contributed by atoms with E-state index in [0.717, 1.165) is 25.7 Å². The SMILES string of the molecule is CCCCC(CC)C(=O)NCCCOC(=O)c1ccc(O)cc1. The summed E-state index contributed by atoms with van der Waals surface area (Å²) < 4.78 is 5.13. The maximum absolute atomic E-state index is 12.0. The molecule has 0 aliphatic heterocycles. The van der Waals surface area contributed by atoms with Crippen molar-refractivity contribution >= 4 is 11.9 Å². The van der Waals surface area contributed by atoms with E-state index in [1.807, 2.05) is 6.92 Å². The van der Waals surface area contributed by atoms with Gasteiger partial charge in [0, 0.05) is 12.5 Å². The van der Waals surface area contributed by atoms with Crippen LogP contribution in [0.3, 0.4) is 0 Å². The summed E-state index contributed by atoms with van der Waals surface area (Å²) in [5.41, 5.74) is 0.400. The van der Waals surface area contributed by atoms with Crippen LogP contribution < -0.4 is 5.32 Å². The van der Waals surface area contributed by atoms with Crippen LogP contribution in [0, 0.1) is 5.92 Å². The highest BCUT2D eigenvalue weighted by Crippen LogP contribution is 2.12. The number of benzene rings is 1. The summed E-state index contributed by atoms with van der Waals surface area (Å²) in [6.45, 7) is 4.91. The maximum Gasteiger partial charge on any atom is 0.338 e. The number of unbranched alkanes of at least 4 members (excludes halogenated alkanes) is 1. The van der Waals surface area contributed by atoms with Crippen molar-refractivity contribution in [3.8, 4) is 5.75 Å². The zero-order chi connectivity index (χ0) is 17.1. The normalized spacial score (nSPS) is 11.7. The van der Waals surface area contributed by atoms with Crippen LogP contribution >= 0.6 is 0 Å². The molecule has 0 heterocycles. The van der Waals surface area contributed by atoms with E-state index in [4.69, 9.17) is 9.84 Å². The predicted octanol–water partition coefficient (Wildman–Crippen LogP) is 3.27. The molecule has 0 aromatic heterocycles. The second kappa shape index (κ2) is 10.6. The summed E-state index contributed by atoms with van der Waals surface area (Å²) in [6, 6.07) is 5.91. The van der Waals surface area contributed by atoms with Gasteiger partial charge in [0.25, 0.3) is 0 Å². The number of hydrogen-bond acceptors (Lipinski definition) is 4. The molecule has 1 aromatic carbocycles. The van der Waals surface area contributed by atoms with Crippen molar-refractivity contribution in [2.24, 2.45) is 5.92 Å². The largest absolute Gasteiger partial charge is 0.508 e. The van der Waals surface area contributed by atoms with Crippen molar-refractivity contribution in [3.05, 3.63) is 29.8 Å². The second-order valence-corrected chi connectivity index (χ2v) is 5.57. The summed E-state index contributed by atoms with van der Waals surface area (Å²) in [7, 11) is 0. The number of carbonyl (C=O) groups is 2. The lowest BCUT2D eigenvalue weighted by molar-refractivity contribution is -0.125. The molecule has 1 amide bonds. The predicted molar refractivity (Wildman–Crippen MR) is 89.3 cm³/mol. The van der Waals surface area contributed by atoms with Gasteiger partial charge < -0.3 is 15.2 Å². The molecule has 1 aromatic rings. The third-order valence-electron chi connectivity index (χ3n) is 3.73. The molecule has 2 N–H and O–H groups in total. The van der Waals surface area contributed by atoms with E-state index in [1.165, 1.54) is 24.3 Å². The van der Waals surface area contributed by atoms with Crippen LogP contribution in [0.15, 0.2) is 24.3 Å². The molecular weight excluding hydrogens is 294 g/mol. The summed E-state index contributed by atoms with van der Waals surface area (Å²) in [6.07, 6.45) is 4.52. The first kappa shape index (κ1) is 19.0. The Morgan fingerprint density at radius 2 is 1.87 bits per heavy atom. The lowest BCUT2D eigenvalue weighted by Crippen LogP contribution is -2.31. The fraction of sp³-hybridized carbons (Fsp3) is 0.556. The molecule has 23 heavy (non-hydrogen) atoms. The van der Waals surface area contributed by atoms with Gasteiger partial charge in [-0.15, -0.1) is 0 Å². The Morgan fingerprint density at radius 3 is 2.48 bits per heavy atom. The lowest BCUT2D eigenvalue weighted by Gasteiger charge is -2.14. The van der Waals surface area contributed by atoms with Gasteiger partial charge in [-0.2, -0.15) is 0 Å². The number of nitrogens with one attached hydrogen (secondary N) is 1. The Bertz CT molecular complexity index is 484. The number of rotatable bonds is 10. The van der Waals surface area contributed by atoms with Gasteiger partial charge in [0.1, 0.15) is 5.75 Å². The van der Waals surface area contributed by atoms with Crippen LogP contribution in [-0.2, 0) is 9.53 Å². The van der Waals surface area contributed by atoms with Gasteiger partial charge in [-0.3, -0.25) is 4.79 Å². The van der Waals surface area contributed by atoms with Crippen molar-refractivity contribution in [2.75, 3.05) is 13.2 Å². The number of aromatic hydroxyl groups is 1. The number of phenolic OH excluding ortho intramolecular Hbond substituents is 1. The first-order chi connectivity index (χ1) is 11.1. The maximum atomic E-state index is 12.0. The molecule has 0 spiro atoms. The zero-order valence-electron chi connectivity index (χ0n) is 14.0. The fourth-order valence-electron chi connectivity index (χ4n) is 2.24. The number of hydrogen-bond donors (Lipinski definition) is 2. The van der Waals surface area contributed by atoms with Crippen LogP contribution in [-0.4, -0.2) is 30.1 Å². The number of carbonyl (C=O) groups excluding carboxylic acids is 2. The molecular formula is C18H27NO4. The van der Waals surface area contributed by atoms with Crippen LogP contribution in [0.25, 0.3) is 0 Å². The van der Waals surface area contributed by atoms with Crippen molar-refractivity contribution < 1.29 is 19.4 Å². The molecule has 1 atom stereocenters. The highest BCUT2D eigenvalue weighted by molar-refractivity contribution is 5.89. The summed E-state index contributed by atoms with van der Waals surface area (Å²) in [5, 5.41) is 12.1. The number of ether oxygens (including phenoxy) is 1. The Hall–Kier alpha value is -2.04. The molecule has 5 heteroatoms. The number of esters is 1. The van der Waals surface area contributed by atoms with Crippen molar-refractivity contribution in [1.29, 1.82) is 0 Å². The van der Waals surface area contributed by atoms with E-state index in [0.29, 0.717) is 18.5 Å². The van der Waals surface area contributed by atoms with E-state index >= 15 is 0 Å². The minimum absolute atomic E-state index is 0.0782. The van der Waals surface area contributed by atoms with Crippen LogP contribution in [0.5, 0.6) is 5.75 Å². The molecule has 0 fully saturated rings. The average molecular weight is 321 g/mol. The van der Waals surface area contributed by atoms with E-state index < -0.39 is 5.97 Å². The summed E-state index contributed by atoms with van der Waals surface area (Å²) in [4.78, 5) is 23.7. The summed E-state index contributed by atoms with van der Waals surface area (Å²) >= 11 is 0. The van der Waals surface area contributed by atoms with E-state index in [9.17, 15) is 9.59 Å². The first-order valence-electron chi connectivity index (χ1n) is 8.32. The Balaban J connectivity index is 2.20. The van der Waals surface area contributed by atoms with Crippen molar-refractivity contribution in [1.82, 2.24) is 5.32 Å². The Morgan fingerprint density at radius 1 is 1.17 bits per heavy atom. The van der Waals surface area contributed by atoms with Gasteiger partial charge in [-0.05, 0) is 43.5 Å². The van der Waals surface area contributed by atoms with Crippen molar-refractivity contribution in [2.45, 2.75) is 46.0 Å². The van der Waals surface area contributed by atoms with E-state index in [-0.39, 0.29) is 24.2 Å². The Kier molecular flexibility index (Phi) is 8.80. The minimum Gasteiger partial charge on any atom is -0.508 e. The molecule has 5 nitrogen and oxygen atoms in total. The van der Waals surface area contributed by atoms with Crippen LogP contribution in [0.2, 0.25) is 0 Å². The van der Waals surface area contributed by atoms with Gasteiger partial charge in [-0.1, -0.05) is 26.7 Å². The average Bonchev–Trinajstić information content (AvgIpc) is 2.55. The molecule has 0 aliphatic carbocycles. The fourth-order valence-corrected chi connectivity index (χ4v) is 2.24. The lowest BCUT2D eigenvalue weighted by atomic mass is 9.98. The van der Waals surface area contributed by atoms with Crippen LogP contribution in [0.1, 0.15) is 56.3 Å². The van der Waals surface area contributed by atoms with Crippen LogP contribution in [0.4, 0.5) is 0 Å². The van der Waals surface area contributed by atoms with Crippen molar-refractivity contribution in [3.63, 3.8) is 0 Å². The van der Waals surface area contributed by atoms with Gasteiger partial charge in [0.05, 0.1) is 12.2 Å².